The Kier molecular flexibility index (Phi) is 3.59. The molecule has 0 fully saturated rings. The summed E-state index contributed by atoms with van der Waals surface area (Å²) in [6, 6.07) is 8.18. The van der Waals surface area contributed by atoms with Crippen LogP contribution in [-0.4, -0.2) is 5.91 Å². The van der Waals surface area contributed by atoms with E-state index in [1.54, 1.807) is 11.3 Å². The molecule has 2 unspecified atom stereocenters. The van der Waals surface area contributed by atoms with Crippen molar-refractivity contribution in [2.45, 2.75) is 39.8 Å². The van der Waals surface area contributed by atoms with Gasteiger partial charge >= 0.3 is 0 Å². The van der Waals surface area contributed by atoms with Gasteiger partial charge in [0.2, 0.25) is 5.91 Å². The fourth-order valence-corrected chi connectivity index (χ4v) is 3.99. The maximum atomic E-state index is 12.2. The van der Waals surface area contributed by atoms with Gasteiger partial charge in [0.15, 0.2) is 0 Å². The number of nitrogens with one attached hydrogen (secondary N) is 2. The van der Waals surface area contributed by atoms with Crippen molar-refractivity contribution >= 4 is 22.9 Å². The van der Waals surface area contributed by atoms with E-state index in [0.717, 1.165) is 11.3 Å². The van der Waals surface area contributed by atoms with Gasteiger partial charge in [-0.15, -0.1) is 11.3 Å². The molecule has 0 aliphatic carbocycles. The zero-order valence-corrected chi connectivity index (χ0v) is 13.6. The third-order valence-electron chi connectivity index (χ3n) is 4.00. The van der Waals surface area contributed by atoms with Crippen LogP contribution in [0, 0.1) is 20.8 Å². The molecule has 1 amide bonds. The largest absolute Gasteiger partial charge is 0.324 e. The molecule has 3 nitrogen and oxygen atoms in total. The molecule has 2 N–H and O–H groups in total. The van der Waals surface area contributed by atoms with Crippen LogP contribution in [0.5, 0.6) is 0 Å². The summed E-state index contributed by atoms with van der Waals surface area (Å²) in [5.74, 6) is 0.0343. The van der Waals surface area contributed by atoms with Gasteiger partial charge in [-0.25, -0.2) is 0 Å². The second-order valence-electron chi connectivity index (χ2n) is 5.77. The topological polar surface area (TPSA) is 41.1 Å². The molecule has 1 aromatic carbocycles. The lowest BCUT2D eigenvalue weighted by Gasteiger charge is -2.19. The zero-order chi connectivity index (χ0) is 15.1. The van der Waals surface area contributed by atoms with Gasteiger partial charge in [-0.05, 0) is 45.4 Å². The van der Waals surface area contributed by atoms with Gasteiger partial charge in [0, 0.05) is 27.0 Å². The van der Waals surface area contributed by atoms with Crippen LogP contribution in [0.2, 0.25) is 0 Å². The van der Waals surface area contributed by atoms with E-state index in [9.17, 15) is 4.79 Å². The van der Waals surface area contributed by atoms with Crippen LogP contribution in [0.1, 0.15) is 45.5 Å². The molecule has 1 aliphatic heterocycles. The minimum absolute atomic E-state index is 0.0343. The van der Waals surface area contributed by atoms with Crippen molar-refractivity contribution in [3.05, 3.63) is 50.7 Å². The number of carbonyl (C=O) groups is 1. The third kappa shape index (κ3) is 2.61. The van der Waals surface area contributed by atoms with Gasteiger partial charge < -0.3 is 5.32 Å². The molecule has 110 valence electrons. The minimum Gasteiger partial charge on any atom is -0.324 e. The average Bonchev–Trinajstić information content (AvgIpc) is 2.90. The fraction of sp³-hybridized carbons (Fsp3) is 0.353. The van der Waals surface area contributed by atoms with Crippen LogP contribution in [0.15, 0.2) is 24.3 Å². The summed E-state index contributed by atoms with van der Waals surface area (Å²) in [5, 5.41) is 6.43. The Morgan fingerprint density at radius 2 is 2.00 bits per heavy atom. The number of hydrogen-bond donors (Lipinski definition) is 2. The molecule has 1 aromatic heterocycles. The normalized spacial score (nSPS) is 18.5. The molecule has 3 rings (SSSR count). The van der Waals surface area contributed by atoms with Gasteiger partial charge in [-0.3, -0.25) is 10.1 Å². The van der Waals surface area contributed by atoms with E-state index in [1.165, 1.54) is 20.9 Å². The summed E-state index contributed by atoms with van der Waals surface area (Å²) in [7, 11) is 0. The molecule has 2 heterocycles. The second kappa shape index (κ2) is 5.28. The first-order valence-corrected chi connectivity index (χ1v) is 8.01. The van der Waals surface area contributed by atoms with E-state index in [4.69, 9.17) is 0 Å². The molecular formula is C17H20N2OS. The number of aryl methyl sites for hydroxylation is 3. The molecular weight excluding hydrogens is 280 g/mol. The lowest BCUT2D eigenvalue weighted by atomic mass is 10.0. The maximum Gasteiger partial charge on any atom is 0.246 e. The number of fused-ring (bicyclic) bond motifs is 1. The zero-order valence-electron chi connectivity index (χ0n) is 12.8. The highest BCUT2D eigenvalue weighted by molar-refractivity contribution is 7.12. The van der Waals surface area contributed by atoms with Crippen molar-refractivity contribution in [1.29, 1.82) is 0 Å². The molecule has 0 spiro atoms. The fourth-order valence-electron chi connectivity index (χ4n) is 2.97. The Balaban J connectivity index is 1.87. The summed E-state index contributed by atoms with van der Waals surface area (Å²) in [6.07, 6.45) is 0. The first kappa shape index (κ1) is 14.3. The number of amides is 1. The average molecular weight is 300 g/mol. The first-order chi connectivity index (χ1) is 9.95. The summed E-state index contributed by atoms with van der Waals surface area (Å²) < 4.78 is 0. The Labute approximate surface area is 129 Å². The summed E-state index contributed by atoms with van der Waals surface area (Å²) in [5.41, 5.74) is 4.43. The van der Waals surface area contributed by atoms with E-state index < -0.39 is 0 Å². The summed E-state index contributed by atoms with van der Waals surface area (Å²) >= 11 is 1.80. The van der Waals surface area contributed by atoms with Crippen molar-refractivity contribution in [3.8, 4) is 0 Å². The summed E-state index contributed by atoms with van der Waals surface area (Å²) in [6.45, 7) is 8.43. The molecule has 21 heavy (non-hydrogen) atoms. The van der Waals surface area contributed by atoms with Crippen LogP contribution < -0.4 is 10.6 Å². The molecule has 0 bridgehead atoms. The maximum absolute atomic E-state index is 12.2. The van der Waals surface area contributed by atoms with Crippen molar-refractivity contribution < 1.29 is 4.79 Å². The minimum atomic E-state index is -0.269. The van der Waals surface area contributed by atoms with E-state index in [2.05, 4.69) is 50.5 Å². The van der Waals surface area contributed by atoms with Gasteiger partial charge in [-0.2, -0.15) is 0 Å². The van der Waals surface area contributed by atoms with E-state index in [-0.39, 0.29) is 18.0 Å². The molecule has 0 radical (unpaired) electrons. The van der Waals surface area contributed by atoms with Crippen LogP contribution in [0.4, 0.5) is 5.69 Å². The Morgan fingerprint density at radius 1 is 1.24 bits per heavy atom. The Morgan fingerprint density at radius 3 is 2.67 bits per heavy atom. The molecule has 1 aliphatic rings. The first-order valence-electron chi connectivity index (χ1n) is 7.20. The lowest BCUT2D eigenvalue weighted by molar-refractivity contribution is -0.117. The summed E-state index contributed by atoms with van der Waals surface area (Å²) in [4.78, 5) is 14.9. The van der Waals surface area contributed by atoms with Gasteiger partial charge in [0.1, 0.15) is 6.04 Å². The highest BCUT2D eigenvalue weighted by Crippen LogP contribution is 2.34. The number of rotatable bonds is 3. The SMILES string of the molecule is Cc1ccc2c(c1)C(NC(C)c1cc(C)sc1C)C(=O)N2. The van der Waals surface area contributed by atoms with E-state index in [0.29, 0.717) is 0 Å². The highest BCUT2D eigenvalue weighted by atomic mass is 32.1. The number of hydrogen-bond acceptors (Lipinski definition) is 3. The molecule has 2 atom stereocenters. The number of benzene rings is 1. The van der Waals surface area contributed by atoms with Crippen LogP contribution in [0.3, 0.4) is 0 Å². The smallest absolute Gasteiger partial charge is 0.246 e. The molecule has 0 saturated heterocycles. The standard InChI is InChI=1S/C17H20N2OS/c1-9-5-6-15-14(7-9)16(17(20)19-15)18-11(3)13-8-10(2)21-12(13)4/h5-8,11,16,18H,1-4H3,(H,19,20). The van der Waals surface area contributed by atoms with Crippen LogP contribution in [0.25, 0.3) is 0 Å². The number of anilines is 1. The quantitative estimate of drug-likeness (QED) is 0.899. The Bertz CT molecular complexity index is 705. The van der Waals surface area contributed by atoms with Crippen molar-refractivity contribution in [3.63, 3.8) is 0 Å². The molecule has 0 saturated carbocycles. The van der Waals surface area contributed by atoms with Crippen molar-refractivity contribution in [2.75, 3.05) is 5.32 Å². The van der Waals surface area contributed by atoms with Crippen LogP contribution >= 0.6 is 11.3 Å². The van der Waals surface area contributed by atoms with Gasteiger partial charge in [-0.1, -0.05) is 17.7 Å². The number of carbonyl (C=O) groups excluding carboxylic acids is 1. The predicted molar refractivity (Wildman–Crippen MR) is 87.9 cm³/mol. The van der Waals surface area contributed by atoms with Crippen LogP contribution in [-0.2, 0) is 4.79 Å². The lowest BCUT2D eigenvalue weighted by Crippen LogP contribution is -2.30. The number of thiophene rings is 1. The highest BCUT2D eigenvalue weighted by Gasteiger charge is 2.31. The van der Waals surface area contributed by atoms with Crippen molar-refractivity contribution in [2.24, 2.45) is 0 Å². The molecule has 2 aromatic rings. The predicted octanol–water partition coefficient (Wildman–Crippen LogP) is 4.02. The Hall–Kier alpha value is -1.65. The monoisotopic (exact) mass is 300 g/mol. The van der Waals surface area contributed by atoms with Gasteiger partial charge in [0.05, 0.1) is 0 Å². The van der Waals surface area contributed by atoms with E-state index >= 15 is 0 Å². The van der Waals surface area contributed by atoms with E-state index in [1.807, 2.05) is 12.1 Å². The van der Waals surface area contributed by atoms with Gasteiger partial charge in [0.25, 0.3) is 0 Å². The molecule has 4 heteroatoms. The van der Waals surface area contributed by atoms with Crippen molar-refractivity contribution in [1.82, 2.24) is 5.32 Å². The second-order valence-corrected chi connectivity index (χ2v) is 7.23. The third-order valence-corrected chi connectivity index (χ3v) is 4.98.